The molecule has 1 atom stereocenters. The van der Waals surface area contributed by atoms with E-state index in [0.29, 0.717) is 12.1 Å². The van der Waals surface area contributed by atoms with Crippen molar-refractivity contribution in [2.24, 2.45) is 0 Å². The molecule has 0 aliphatic heterocycles. The van der Waals surface area contributed by atoms with Gasteiger partial charge in [-0.2, -0.15) is 0 Å². The molecule has 3 nitrogen and oxygen atoms in total. The maximum Gasteiger partial charge on any atom is 0.275 e. The van der Waals surface area contributed by atoms with Gasteiger partial charge in [-0.25, -0.2) is 8.78 Å². The van der Waals surface area contributed by atoms with Gasteiger partial charge in [0, 0.05) is 18.2 Å². The van der Waals surface area contributed by atoms with Gasteiger partial charge < -0.3 is 10.6 Å². The van der Waals surface area contributed by atoms with Gasteiger partial charge >= 0.3 is 0 Å². The number of nitrogens with two attached hydrogens (primary N) is 1. The van der Waals surface area contributed by atoms with Crippen LogP contribution < -0.4 is 10.6 Å². The second-order valence-corrected chi connectivity index (χ2v) is 5.16. The molecular formula is C17H19F2N2O+. The number of hydrogen-bond acceptors (Lipinski definition) is 1. The number of nitrogens with one attached hydrogen (secondary N) is 1. The van der Waals surface area contributed by atoms with E-state index in [-0.39, 0.29) is 18.5 Å². The summed E-state index contributed by atoms with van der Waals surface area (Å²) in [6, 6.07) is 12.8. The molecule has 0 heterocycles. The average Bonchev–Trinajstić information content (AvgIpc) is 2.51. The second-order valence-electron chi connectivity index (χ2n) is 5.16. The molecule has 0 radical (unpaired) electrons. The van der Waals surface area contributed by atoms with Crippen molar-refractivity contribution < 1.29 is 18.9 Å². The van der Waals surface area contributed by atoms with Crippen LogP contribution in [-0.4, -0.2) is 12.5 Å². The first-order valence-electron chi connectivity index (χ1n) is 7.15. The van der Waals surface area contributed by atoms with E-state index in [1.54, 1.807) is 12.2 Å². The number of carbonyl (C=O) groups excluding carboxylic acids is 1. The van der Waals surface area contributed by atoms with Gasteiger partial charge in [-0.05, 0) is 24.6 Å². The smallest absolute Gasteiger partial charge is 0.275 e. The van der Waals surface area contributed by atoms with Crippen molar-refractivity contribution in [3.8, 4) is 0 Å². The Morgan fingerprint density at radius 3 is 2.59 bits per heavy atom. The standard InChI is InChI=1S/C17H18F2N2O/c1-12(15-8-7-14(18)9-16(15)19)20-11-17(22)21-10-13-5-3-2-4-6-13/h2-9,12,20H,10-11H2,1H3,(H,21,22)/p+1/t12-/m0/s1. The Kier molecular flexibility index (Phi) is 5.61. The Labute approximate surface area is 128 Å². The van der Waals surface area contributed by atoms with E-state index in [1.165, 1.54) is 12.1 Å². The number of halogens is 2. The van der Waals surface area contributed by atoms with Crippen molar-refractivity contribution in [2.75, 3.05) is 6.54 Å². The van der Waals surface area contributed by atoms with E-state index in [9.17, 15) is 13.6 Å². The van der Waals surface area contributed by atoms with Crippen molar-refractivity contribution in [3.63, 3.8) is 0 Å². The SMILES string of the molecule is C[C@H]([NH2+]CC(=O)NCc1ccccc1)c1ccc(F)cc1F. The highest BCUT2D eigenvalue weighted by Crippen LogP contribution is 2.14. The summed E-state index contributed by atoms with van der Waals surface area (Å²) >= 11 is 0. The quantitative estimate of drug-likeness (QED) is 0.841. The van der Waals surface area contributed by atoms with E-state index < -0.39 is 11.6 Å². The second kappa shape index (κ2) is 7.66. The van der Waals surface area contributed by atoms with Crippen LogP contribution in [-0.2, 0) is 11.3 Å². The third-order valence-electron chi connectivity index (χ3n) is 3.44. The van der Waals surface area contributed by atoms with Gasteiger partial charge in [0.2, 0.25) is 0 Å². The first kappa shape index (κ1) is 16.1. The minimum atomic E-state index is -0.603. The number of rotatable bonds is 6. The molecule has 0 saturated heterocycles. The Morgan fingerprint density at radius 2 is 1.91 bits per heavy atom. The molecule has 0 fully saturated rings. The Bertz CT molecular complexity index is 632. The maximum absolute atomic E-state index is 13.6. The number of hydrogen-bond donors (Lipinski definition) is 2. The van der Waals surface area contributed by atoms with E-state index in [0.717, 1.165) is 11.6 Å². The molecule has 22 heavy (non-hydrogen) atoms. The summed E-state index contributed by atoms with van der Waals surface area (Å²) in [5, 5.41) is 4.52. The number of carbonyl (C=O) groups is 1. The Morgan fingerprint density at radius 1 is 1.18 bits per heavy atom. The van der Waals surface area contributed by atoms with Crippen LogP contribution in [0.2, 0.25) is 0 Å². The van der Waals surface area contributed by atoms with Gasteiger partial charge in [0.05, 0.1) is 0 Å². The molecule has 2 aromatic carbocycles. The molecule has 3 N–H and O–H groups in total. The molecule has 116 valence electrons. The molecule has 0 spiro atoms. The van der Waals surface area contributed by atoms with Gasteiger partial charge in [0.15, 0.2) is 6.54 Å². The van der Waals surface area contributed by atoms with E-state index in [4.69, 9.17) is 0 Å². The molecule has 0 bridgehead atoms. The van der Waals surface area contributed by atoms with Crippen LogP contribution in [0.3, 0.4) is 0 Å². The highest BCUT2D eigenvalue weighted by Gasteiger charge is 2.15. The van der Waals surface area contributed by atoms with E-state index >= 15 is 0 Å². The lowest BCUT2D eigenvalue weighted by Gasteiger charge is -2.12. The van der Waals surface area contributed by atoms with Crippen LogP contribution >= 0.6 is 0 Å². The van der Waals surface area contributed by atoms with Crippen LogP contribution in [0.25, 0.3) is 0 Å². The van der Waals surface area contributed by atoms with Crippen LogP contribution in [0.4, 0.5) is 8.78 Å². The monoisotopic (exact) mass is 305 g/mol. The summed E-state index contributed by atoms with van der Waals surface area (Å²) in [7, 11) is 0. The highest BCUT2D eigenvalue weighted by atomic mass is 19.1. The fourth-order valence-electron chi connectivity index (χ4n) is 2.15. The van der Waals surface area contributed by atoms with Gasteiger partial charge in [-0.1, -0.05) is 30.3 Å². The minimum Gasteiger partial charge on any atom is -0.347 e. The first-order chi connectivity index (χ1) is 10.6. The summed E-state index contributed by atoms with van der Waals surface area (Å²) in [5.41, 5.74) is 1.41. The topological polar surface area (TPSA) is 45.7 Å². The van der Waals surface area contributed by atoms with Crippen LogP contribution in [0.5, 0.6) is 0 Å². The third kappa shape index (κ3) is 4.63. The number of benzene rings is 2. The lowest BCUT2D eigenvalue weighted by Crippen LogP contribution is -2.87. The molecule has 0 aliphatic carbocycles. The Balaban J connectivity index is 1.80. The normalized spacial score (nSPS) is 12.0. The number of amides is 1. The first-order valence-corrected chi connectivity index (χ1v) is 7.15. The molecule has 1 amide bonds. The molecule has 5 heteroatoms. The summed E-state index contributed by atoms with van der Waals surface area (Å²) < 4.78 is 26.5. The summed E-state index contributed by atoms with van der Waals surface area (Å²) in [6.07, 6.45) is 0. The lowest BCUT2D eigenvalue weighted by atomic mass is 10.1. The fourth-order valence-corrected chi connectivity index (χ4v) is 2.15. The van der Waals surface area contributed by atoms with Crippen LogP contribution in [0, 0.1) is 11.6 Å². The summed E-state index contributed by atoms with van der Waals surface area (Å²) in [4.78, 5) is 11.8. The van der Waals surface area contributed by atoms with Gasteiger partial charge in [-0.15, -0.1) is 0 Å². The van der Waals surface area contributed by atoms with E-state index in [1.807, 2.05) is 30.3 Å². The predicted octanol–water partition coefficient (Wildman–Crippen LogP) is 1.91. The molecule has 0 unspecified atom stereocenters. The van der Waals surface area contributed by atoms with Crippen molar-refractivity contribution in [3.05, 3.63) is 71.3 Å². The minimum absolute atomic E-state index is 0.127. The van der Waals surface area contributed by atoms with Crippen LogP contribution in [0.1, 0.15) is 24.1 Å². The van der Waals surface area contributed by atoms with Gasteiger partial charge in [0.1, 0.15) is 17.7 Å². The zero-order valence-electron chi connectivity index (χ0n) is 12.4. The number of quaternary nitrogens is 1. The van der Waals surface area contributed by atoms with E-state index in [2.05, 4.69) is 5.32 Å². The fraction of sp³-hybridized carbons (Fsp3) is 0.235. The van der Waals surface area contributed by atoms with Gasteiger partial charge in [0.25, 0.3) is 5.91 Å². The lowest BCUT2D eigenvalue weighted by molar-refractivity contribution is -0.682. The third-order valence-corrected chi connectivity index (χ3v) is 3.44. The van der Waals surface area contributed by atoms with Crippen molar-refractivity contribution in [1.82, 2.24) is 5.32 Å². The van der Waals surface area contributed by atoms with Crippen molar-refractivity contribution in [1.29, 1.82) is 0 Å². The molecule has 2 aromatic rings. The molecule has 0 aromatic heterocycles. The average molecular weight is 305 g/mol. The predicted molar refractivity (Wildman–Crippen MR) is 79.9 cm³/mol. The zero-order valence-corrected chi connectivity index (χ0v) is 12.4. The van der Waals surface area contributed by atoms with Crippen LogP contribution in [0.15, 0.2) is 48.5 Å². The van der Waals surface area contributed by atoms with Crippen molar-refractivity contribution >= 4 is 5.91 Å². The van der Waals surface area contributed by atoms with Gasteiger partial charge in [-0.3, -0.25) is 4.79 Å². The molecular weight excluding hydrogens is 286 g/mol. The molecule has 0 aliphatic rings. The summed E-state index contributed by atoms with van der Waals surface area (Å²) in [6.45, 7) is 2.43. The molecule has 2 rings (SSSR count). The zero-order chi connectivity index (χ0) is 15.9. The largest absolute Gasteiger partial charge is 0.347 e. The summed E-state index contributed by atoms with van der Waals surface area (Å²) in [5.74, 6) is -1.32. The molecule has 0 saturated carbocycles. The Hall–Kier alpha value is -2.27. The maximum atomic E-state index is 13.6. The van der Waals surface area contributed by atoms with Crippen molar-refractivity contribution in [2.45, 2.75) is 19.5 Å². The highest BCUT2D eigenvalue weighted by molar-refractivity contribution is 5.76.